The summed E-state index contributed by atoms with van der Waals surface area (Å²) < 4.78 is 6.10. The molecule has 84 valence electrons. The molecule has 0 amide bonds. The van der Waals surface area contributed by atoms with Crippen LogP contribution in [0, 0.1) is 3.57 Å². The Kier molecular flexibility index (Phi) is 4.52. The predicted octanol–water partition coefficient (Wildman–Crippen LogP) is 1.34. The maximum Gasteiger partial charge on any atom is 0.227 e. The quantitative estimate of drug-likeness (QED) is 0.848. The van der Waals surface area contributed by atoms with Crippen LogP contribution in [0.5, 0.6) is 0 Å². The van der Waals surface area contributed by atoms with E-state index in [0.29, 0.717) is 12.6 Å². The van der Waals surface area contributed by atoms with Crippen LogP contribution in [0.4, 0.5) is 11.8 Å². The van der Waals surface area contributed by atoms with Gasteiger partial charge in [0, 0.05) is 28.3 Å². The topological polar surface area (TPSA) is 50.3 Å². The Labute approximate surface area is 103 Å². The monoisotopic (exact) mass is 322 g/mol. The number of halogens is 1. The Morgan fingerprint density at radius 2 is 2.07 bits per heavy atom. The molecule has 0 aromatic carbocycles. The molecule has 1 rings (SSSR count). The minimum atomic E-state index is 0.496. The van der Waals surface area contributed by atoms with Crippen LogP contribution in [0.2, 0.25) is 0 Å². The number of methoxy groups -OCH3 is 1. The SMILES string of the molecule is CNc1nc(N(C)C)nc(COC)c1I. The molecule has 1 heterocycles. The van der Waals surface area contributed by atoms with E-state index in [1.165, 1.54) is 0 Å². The first-order valence-corrected chi connectivity index (χ1v) is 5.58. The minimum absolute atomic E-state index is 0.496. The molecule has 0 unspecified atom stereocenters. The van der Waals surface area contributed by atoms with Gasteiger partial charge in [0.25, 0.3) is 0 Å². The smallest absolute Gasteiger partial charge is 0.227 e. The molecule has 0 atom stereocenters. The van der Waals surface area contributed by atoms with Crippen LogP contribution in [0.1, 0.15) is 5.69 Å². The Hall–Kier alpha value is -0.630. The third-order valence-electron chi connectivity index (χ3n) is 1.83. The molecule has 15 heavy (non-hydrogen) atoms. The van der Waals surface area contributed by atoms with E-state index in [0.717, 1.165) is 15.1 Å². The van der Waals surface area contributed by atoms with Gasteiger partial charge in [-0.2, -0.15) is 4.98 Å². The van der Waals surface area contributed by atoms with Gasteiger partial charge in [-0.25, -0.2) is 4.98 Å². The van der Waals surface area contributed by atoms with Crippen molar-refractivity contribution in [2.75, 3.05) is 38.5 Å². The molecule has 0 bridgehead atoms. The summed E-state index contributed by atoms with van der Waals surface area (Å²) in [4.78, 5) is 10.7. The highest BCUT2D eigenvalue weighted by Gasteiger charge is 2.11. The molecule has 1 aromatic heterocycles. The van der Waals surface area contributed by atoms with Crippen molar-refractivity contribution in [3.63, 3.8) is 0 Å². The summed E-state index contributed by atoms with van der Waals surface area (Å²) in [5, 5.41) is 3.05. The fraction of sp³-hybridized carbons (Fsp3) is 0.556. The summed E-state index contributed by atoms with van der Waals surface area (Å²) in [6, 6.07) is 0. The lowest BCUT2D eigenvalue weighted by Gasteiger charge is -2.15. The summed E-state index contributed by atoms with van der Waals surface area (Å²) in [5.41, 5.74) is 0.904. The molecule has 6 heteroatoms. The van der Waals surface area contributed by atoms with Crippen molar-refractivity contribution in [1.29, 1.82) is 0 Å². The largest absolute Gasteiger partial charge is 0.378 e. The normalized spacial score (nSPS) is 10.2. The number of hydrogen-bond acceptors (Lipinski definition) is 5. The van der Waals surface area contributed by atoms with Crippen molar-refractivity contribution in [3.8, 4) is 0 Å². The second kappa shape index (κ2) is 5.45. The molecule has 0 aliphatic carbocycles. The molecule has 0 aliphatic heterocycles. The number of nitrogens with zero attached hydrogens (tertiary/aromatic N) is 3. The van der Waals surface area contributed by atoms with Crippen LogP contribution in [0.25, 0.3) is 0 Å². The predicted molar refractivity (Wildman–Crippen MR) is 69.3 cm³/mol. The number of anilines is 2. The summed E-state index contributed by atoms with van der Waals surface area (Å²) >= 11 is 2.22. The van der Waals surface area contributed by atoms with Crippen LogP contribution in [0.3, 0.4) is 0 Å². The van der Waals surface area contributed by atoms with E-state index in [9.17, 15) is 0 Å². The van der Waals surface area contributed by atoms with E-state index in [1.807, 2.05) is 26.0 Å². The van der Waals surface area contributed by atoms with E-state index in [4.69, 9.17) is 4.74 Å². The molecule has 0 saturated heterocycles. The number of rotatable bonds is 4. The van der Waals surface area contributed by atoms with E-state index >= 15 is 0 Å². The van der Waals surface area contributed by atoms with Gasteiger partial charge in [0.2, 0.25) is 5.95 Å². The number of nitrogens with one attached hydrogen (secondary N) is 1. The number of aromatic nitrogens is 2. The molecule has 5 nitrogen and oxygen atoms in total. The second-order valence-electron chi connectivity index (χ2n) is 3.21. The van der Waals surface area contributed by atoms with E-state index in [1.54, 1.807) is 7.11 Å². The van der Waals surface area contributed by atoms with Gasteiger partial charge in [-0.1, -0.05) is 0 Å². The molecule has 0 fully saturated rings. The zero-order valence-corrected chi connectivity index (χ0v) is 11.5. The van der Waals surface area contributed by atoms with Gasteiger partial charge >= 0.3 is 0 Å². The van der Waals surface area contributed by atoms with Crippen LogP contribution < -0.4 is 10.2 Å². The average Bonchev–Trinajstić information content (AvgIpc) is 2.21. The molecule has 0 spiro atoms. The molecule has 1 aromatic rings. The molecule has 0 radical (unpaired) electrons. The highest BCUT2D eigenvalue weighted by molar-refractivity contribution is 14.1. The maximum atomic E-state index is 5.10. The Morgan fingerprint density at radius 3 is 2.53 bits per heavy atom. The lowest BCUT2D eigenvalue weighted by atomic mass is 10.4. The minimum Gasteiger partial charge on any atom is -0.378 e. The van der Waals surface area contributed by atoms with Crippen LogP contribution in [0.15, 0.2) is 0 Å². The summed E-state index contributed by atoms with van der Waals surface area (Å²) in [6.45, 7) is 0.496. The molecule has 0 aliphatic rings. The molecule has 1 N–H and O–H groups in total. The lowest BCUT2D eigenvalue weighted by Crippen LogP contribution is -2.16. The van der Waals surface area contributed by atoms with Crippen molar-refractivity contribution < 1.29 is 4.74 Å². The fourth-order valence-electron chi connectivity index (χ4n) is 1.08. The van der Waals surface area contributed by atoms with Gasteiger partial charge in [-0.05, 0) is 22.6 Å². The van der Waals surface area contributed by atoms with Gasteiger partial charge in [-0.15, -0.1) is 0 Å². The maximum absolute atomic E-state index is 5.10. The zero-order valence-electron chi connectivity index (χ0n) is 9.33. The zero-order chi connectivity index (χ0) is 11.4. The third kappa shape index (κ3) is 2.91. The highest BCUT2D eigenvalue weighted by atomic mass is 127. The lowest BCUT2D eigenvalue weighted by molar-refractivity contribution is 0.181. The van der Waals surface area contributed by atoms with E-state index < -0.39 is 0 Å². The summed E-state index contributed by atoms with van der Waals surface area (Å²) in [6.07, 6.45) is 0. The van der Waals surface area contributed by atoms with E-state index in [-0.39, 0.29) is 0 Å². The first kappa shape index (κ1) is 12.4. The van der Waals surface area contributed by atoms with Crippen molar-refractivity contribution in [1.82, 2.24) is 9.97 Å². The van der Waals surface area contributed by atoms with Gasteiger partial charge < -0.3 is 15.0 Å². The van der Waals surface area contributed by atoms with Crippen molar-refractivity contribution >= 4 is 34.4 Å². The third-order valence-corrected chi connectivity index (χ3v) is 2.96. The van der Waals surface area contributed by atoms with Gasteiger partial charge in [0.05, 0.1) is 15.9 Å². The van der Waals surface area contributed by atoms with Crippen molar-refractivity contribution in [2.24, 2.45) is 0 Å². The molecular formula is C9H15IN4O. The van der Waals surface area contributed by atoms with Gasteiger partial charge in [0.1, 0.15) is 5.82 Å². The fourth-order valence-corrected chi connectivity index (χ4v) is 1.75. The second-order valence-corrected chi connectivity index (χ2v) is 4.29. The van der Waals surface area contributed by atoms with Crippen LogP contribution in [-0.4, -0.2) is 38.2 Å². The standard InChI is InChI=1S/C9H15IN4O/c1-11-8-7(10)6(5-15-4)12-9(13-8)14(2)3/h5H2,1-4H3,(H,11,12,13). The van der Waals surface area contributed by atoms with Crippen molar-refractivity contribution in [3.05, 3.63) is 9.26 Å². The highest BCUT2D eigenvalue weighted by Crippen LogP contribution is 2.21. The molecular weight excluding hydrogens is 307 g/mol. The first-order valence-electron chi connectivity index (χ1n) is 4.50. The van der Waals surface area contributed by atoms with Crippen LogP contribution >= 0.6 is 22.6 Å². The Balaban J connectivity index is 3.19. The van der Waals surface area contributed by atoms with Gasteiger partial charge in [0.15, 0.2) is 0 Å². The Morgan fingerprint density at radius 1 is 1.40 bits per heavy atom. The van der Waals surface area contributed by atoms with Crippen LogP contribution in [-0.2, 0) is 11.3 Å². The molecule has 0 saturated carbocycles. The number of hydrogen-bond donors (Lipinski definition) is 1. The Bertz CT molecular complexity index is 343. The van der Waals surface area contributed by atoms with Crippen molar-refractivity contribution in [2.45, 2.75) is 6.61 Å². The van der Waals surface area contributed by atoms with E-state index in [2.05, 4.69) is 37.9 Å². The first-order chi connectivity index (χ1) is 7.10. The van der Waals surface area contributed by atoms with Gasteiger partial charge in [-0.3, -0.25) is 0 Å². The summed E-state index contributed by atoms with van der Waals surface area (Å²) in [7, 11) is 7.34. The number of ether oxygens (including phenoxy) is 1. The summed E-state index contributed by atoms with van der Waals surface area (Å²) in [5.74, 6) is 1.52. The average molecular weight is 322 g/mol.